The second-order valence-electron chi connectivity index (χ2n) is 3.22. The molecule has 0 radical (unpaired) electrons. The van der Waals surface area contributed by atoms with E-state index in [2.05, 4.69) is 22.4 Å². The fourth-order valence-corrected chi connectivity index (χ4v) is 1.68. The highest BCUT2D eigenvalue weighted by Gasteiger charge is 1.94. The van der Waals surface area contributed by atoms with Gasteiger partial charge in [0.1, 0.15) is 0 Å². The predicted octanol–water partition coefficient (Wildman–Crippen LogP) is 2.41. The van der Waals surface area contributed by atoms with Gasteiger partial charge in [-0.05, 0) is 24.7 Å². The van der Waals surface area contributed by atoms with Crippen LogP contribution < -0.4 is 5.32 Å². The van der Waals surface area contributed by atoms with E-state index in [4.69, 9.17) is 5.26 Å². The quantitative estimate of drug-likeness (QED) is 0.286. The summed E-state index contributed by atoms with van der Waals surface area (Å²) in [5.74, 6) is 0. The molecule has 1 aromatic rings. The number of nitriles is 1. The molecule has 0 aliphatic rings. The normalized spacial score (nSPS) is 10.9. The summed E-state index contributed by atoms with van der Waals surface area (Å²) >= 11 is 1.46. The minimum Gasteiger partial charge on any atom is -0.272 e. The van der Waals surface area contributed by atoms with Crippen LogP contribution in [0.15, 0.2) is 35.3 Å². The maximum Gasteiger partial charge on any atom is 0.183 e. The highest BCUT2D eigenvalue weighted by atomic mass is 32.2. The minimum atomic E-state index is 0.690. The molecular weight excluding hydrogens is 218 g/mol. The first-order valence-corrected chi connectivity index (χ1v) is 6.36. The molecule has 0 heterocycles. The van der Waals surface area contributed by atoms with Gasteiger partial charge in [0.05, 0.1) is 0 Å². The van der Waals surface area contributed by atoms with E-state index < -0.39 is 0 Å². The van der Waals surface area contributed by atoms with Crippen LogP contribution in [0.2, 0.25) is 0 Å². The van der Waals surface area contributed by atoms with Gasteiger partial charge in [-0.2, -0.15) is 5.26 Å². The van der Waals surface area contributed by atoms with Crippen LogP contribution >= 0.6 is 11.8 Å². The second kappa shape index (κ2) is 7.77. The number of amidine groups is 1. The fraction of sp³-hybridized carbons (Fsp3) is 0.333. The summed E-state index contributed by atoms with van der Waals surface area (Å²) in [6.45, 7) is 0.750. The Hall–Kier alpha value is -1.47. The highest BCUT2D eigenvalue weighted by molar-refractivity contribution is 8.13. The highest BCUT2D eigenvalue weighted by Crippen LogP contribution is 2.03. The van der Waals surface area contributed by atoms with Crippen molar-refractivity contribution in [1.29, 1.82) is 5.26 Å². The molecule has 1 N–H and O–H groups in total. The van der Waals surface area contributed by atoms with E-state index in [1.807, 2.05) is 30.6 Å². The molecule has 0 aliphatic carbocycles. The van der Waals surface area contributed by atoms with E-state index in [1.165, 1.54) is 17.3 Å². The number of aryl methyl sites for hydroxylation is 1. The maximum absolute atomic E-state index is 8.45. The monoisotopic (exact) mass is 233 g/mol. The van der Waals surface area contributed by atoms with Crippen LogP contribution in [0.4, 0.5) is 0 Å². The molecule has 0 bridgehead atoms. The number of rotatable bonds is 4. The number of benzene rings is 1. The van der Waals surface area contributed by atoms with Crippen molar-refractivity contribution in [3.05, 3.63) is 35.9 Å². The molecule has 84 valence electrons. The molecule has 3 nitrogen and oxygen atoms in total. The molecule has 0 saturated carbocycles. The zero-order valence-corrected chi connectivity index (χ0v) is 10.1. The summed E-state index contributed by atoms with van der Waals surface area (Å²) in [7, 11) is 0. The Morgan fingerprint density at radius 2 is 2.19 bits per heavy atom. The summed E-state index contributed by atoms with van der Waals surface area (Å²) < 4.78 is 0. The molecule has 0 spiro atoms. The molecule has 1 rings (SSSR count). The Bertz CT molecular complexity index is 368. The SMILES string of the molecule is CSC(=NCCCc1ccccc1)NC#N. The number of hydrogen-bond donors (Lipinski definition) is 1. The van der Waals surface area contributed by atoms with Crippen LogP contribution in [-0.2, 0) is 6.42 Å². The third-order valence-electron chi connectivity index (χ3n) is 2.08. The Morgan fingerprint density at radius 3 is 2.81 bits per heavy atom. The molecule has 0 saturated heterocycles. The topological polar surface area (TPSA) is 48.2 Å². The molecule has 16 heavy (non-hydrogen) atoms. The van der Waals surface area contributed by atoms with Gasteiger partial charge in [-0.15, -0.1) is 0 Å². The van der Waals surface area contributed by atoms with Crippen LogP contribution in [-0.4, -0.2) is 18.0 Å². The second-order valence-corrected chi connectivity index (χ2v) is 4.01. The molecule has 0 amide bonds. The first-order valence-electron chi connectivity index (χ1n) is 5.14. The molecule has 0 fully saturated rings. The average molecular weight is 233 g/mol. The summed E-state index contributed by atoms with van der Waals surface area (Å²) in [4.78, 5) is 4.29. The molecule has 0 unspecified atom stereocenters. The lowest BCUT2D eigenvalue weighted by Crippen LogP contribution is -2.13. The van der Waals surface area contributed by atoms with E-state index in [1.54, 1.807) is 0 Å². The molecule has 0 aromatic heterocycles. The number of aliphatic imine (C=N–C) groups is 1. The third kappa shape index (κ3) is 4.85. The molecule has 1 aromatic carbocycles. The molecular formula is C12H15N3S. The first kappa shape index (κ1) is 12.6. The number of hydrogen-bond acceptors (Lipinski definition) is 3. The molecule has 0 atom stereocenters. The van der Waals surface area contributed by atoms with Crippen LogP contribution in [0.1, 0.15) is 12.0 Å². The summed E-state index contributed by atoms with van der Waals surface area (Å²) in [6.07, 6.45) is 5.81. The van der Waals surface area contributed by atoms with Crippen molar-refractivity contribution in [1.82, 2.24) is 5.32 Å². The van der Waals surface area contributed by atoms with Crippen LogP contribution in [0.3, 0.4) is 0 Å². The van der Waals surface area contributed by atoms with Gasteiger partial charge in [0, 0.05) is 6.54 Å². The van der Waals surface area contributed by atoms with Crippen molar-refractivity contribution in [3.8, 4) is 6.19 Å². The van der Waals surface area contributed by atoms with Crippen LogP contribution in [0.25, 0.3) is 0 Å². The zero-order valence-electron chi connectivity index (χ0n) is 9.31. The number of nitrogens with one attached hydrogen (secondary N) is 1. The summed E-state index contributed by atoms with van der Waals surface area (Å²) in [5, 5.41) is 11.7. The lowest BCUT2D eigenvalue weighted by Gasteiger charge is -2.00. The average Bonchev–Trinajstić information content (AvgIpc) is 2.34. The van der Waals surface area contributed by atoms with E-state index in [0.717, 1.165) is 19.4 Å². The van der Waals surface area contributed by atoms with Gasteiger partial charge in [-0.25, -0.2) is 0 Å². The maximum atomic E-state index is 8.45. The van der Waals surface area contributed by atoms with E-state index in [-0.39, 0.29) is 0 Å². The number of thioether (sulfide) groups is 1. The van der Waals surface area contributed by atoms with Gasteiger partial charge < -0.3 is 0 Å². The fourth-order valence-electron chi connectivity index (χ4n) is 1.31. The standard InChI is InChI=1S/C12H15N3S/c1-16-12(15-10-13)14-9-5-8-11-6-3-2-4-7-11/h2-4,6-7H,5,8-9H2,1H3,(H,14,15). The van der Waals surface area contributed by atoms with Crippen LogP contribution in [0.5, 0.6) is 0 Å². The van der Waals surface area contributed by atoms with E-state index in [9.17, 15) is 0 Å². The zero-order chi connectivity index (χ0) is 11.6. The van der Waals surface area contributed by atoms with Gasteiger partial charge in [-0.1, -0.05) is 42.1 Å². The largest absolute Gasteiger partial charge is 0.272 e. The van der Waals surface area contributed by atoms with Gasteiger partial charge in [0.15, 0.2) is 11.4 Å². The van der Waals surface area contributed by atoms with Crippen LogP contribution in [0, 0.1) is 11.5 Å². The Labute approximate surface area is 101 Å². The van der Waals surface area contributed by atoms with Crippen molar-refractivity contribution >= 4 is 16.9 Å². The van der Waals surface area contributed by atoms with Gasteiger partial charge >= 0.3 is 0 Å². The van der Waals surface area contributed by atoms with Crippen molar-refractivity contribution in [2.45, 2.75) is 12.8 Å². The van der Waals surface area contributed by atoms with Crippen molar-refractivity contribution < 1.29 is 0 Å². The Kier molecular flexibility index (Phi) is 6.12. The molecule has 0 aliphatic heterocycles. The van der Waals surface area contributed by atoms with E-state index >= 15 is 0 Å². The third-order valence-corrected chi connectivity index (χ3v) is 2.70. The van der Waals surface area contributed by atoms with Gasteiger partial charge in [-0.3, -0.25) is 10.3 Å². The van der Waals surface area contributed by atoms with Crippen molar-refractivity contribution in [2.24, 2.45) is 4.99 Å². The number of nitrogens with zero attached hydrogens (tertiary/aromatic N) is 2. The summed E-state index contributed by atoms with van der Waals surface area (Å²) in [5.41, 5.74) is 1.33. The smallest absolute Gasteiger partial charge is 0.183 e. The van der Waals surface area contributed by atoms with Crippen molar-refractivity contribution in [2.75, 3.05) is 12.8 Å². The Balaban J connectivity index is 2.28. The Morgan fingerprint density at radius 1 is 1.44 bits per heavy atom. The molecule has 4 heteroatoms. The lowest BCUT2D eigenvalue weighted by atomic mass is 10.1. The van der Waals surface area contributed by atoms with E-state index in [0.29, 0.717) is 5.17 Å². The summed E-state index contributed by atoms with van der Waals surface area (Å²) in [6, 6.07) is 10.3. The van der Waals surface area contributed by atoms with Gasteiger partial charge in [0.25, 0.3) is 0 Å². The lowest BCUT2D eigenvalue weighted by molar-refractivity contribution is 0.832. The van der Waals surface area contributed by atoms with Gasteiger partial charge in [0.2, 0.25) is 0 Å². The predicted molar refractivity (Wildman–Crippen MR) is 69.3 cm³/mol. The first-order chi connectivity index (χ1) is 7.86. The minimum absolute atomic E-state index is 0.690. The van der Waals surface area contributed by atoms with Crippen molar-refractivity contribution in [3.63, 3.8) is 0 Å².